The molecule has 0 amide bonds. The largest absolute Gasteiger partial charge is 0.234 e. The summed E-state index contributed by atoms with van der Waals surface area (Å²) < 4.78 is 0. The van der Waals surface area contributed by atoms with Crippen LogP contribution in [0.4, 0.5) is 0 Å². The van der Waals surface area contributed by atoms with E-state index in [-0.39, 0.29) is 0 Å². The first kappa shape index (κ1) is 25.6. The molecule has 0 aromatic heterocycles. The maximum atomic E-state index is 10.6. The van der Waals surface area contributed by atoms with Crippen LogP contribution in [0.2, 0.25) is 0 Å². The average Bonchev–Trinajstić information content (AvgIpc) is 2.82. The van der Waals surface area contributed by atoms with E-state index >= 15 is 0 Å². The zero-order valence-corrected chi connectivity index (χ0v) is 18.8. The predicted octanol–water partition coefficient (Wildman–Crippen LogP) is 3.35. The maximum Gasteiger partial charge on any atom is 0.234 e. The molecule has 0 fully saturated rings. The summed E-state index contributed by atoms with van der Waals surface area (Å²) in [6, 6.07) is 11.8. The highest BCUT2D eigenvalue weighted by Gasteiger charge is 2.14. The molecule has 0 radical (unpaired) electrons. The van der Waals surface area contributed by atoms with Gasteiger partial charge in [-0.1, -0.05) is 36.0 Å². The maximum absolute atomic E-state index is 10.6. The van der Waals surface area contributed by atoms with E-state index in [1.807, 2.05) is 36.4 Å². The Bertz CT molecular complexity index is 1050. The van der Waals surface area contributed by atoms with E-state index in [2.05, 4.69) is 20.0 Å². The Balaban J connectivity index is 2.45. The molecule has 0 aliphatic carbocycles. The molecule has 0 aliphatic rings. The lowest BCUT2D eigenvalue weighted by Gasteiger charge is -2.17. The molecule has 0 unspecified atom stereocenters. The predicted molar refractivity (Wildman–Crippen MR) is 124 cm³/mol. The molecule has 0 atom stereocenters. The number of benzene rings is 2. The molecule has 2 aromatic carbocycles. The Morgan fingerprint density at radius 3 is 1.27 bits per heavy atom. The molecule has 168 valence electrons. The van der Waals surface area contributed by atoms with E-state index in [1.165, 1.54) is 0 Å². The third-order valence-corrected chi connectivity index (χ3v) is 6.08. The normalized spacial score (nSPS) is 9.70. The fourth-order valence-corrected chi connectivity index (χ4v) is 4.68. The average molecular weight is 463 g/mol. The fraction of sp³-hybridized carbons (Fsp3) is 0.333. The fourth-order valence-electron chi connectivity index (χ4n) is 3.44. The number of rotatable bonds is 14. The van der Waals surface area contributed by atoms with Gasteiger partial charge in [-0.2, -0.15) is 0 Å². The summed E-state index contributed by atoms with van der Waals surface area (Å²) in [4.78, 5) is 58.7. The van der Waals surface area contributed by atoms with Crippen LogP contribution < -0.4 is 0 Å². The van der Waals surface area contributed by atoms with Gasteiger partial charge >= 0.3 is 0 Å². The van der Waals surface area contributed by atoms with Gasteiger partial charge in [-0.05, 0) is 60.1 Å². The standard InChI is InChI=1S/C24H22N4O4S/c29-15-25-11-7-19-3-1-5-23(21(19)9-13-27-17-31)33-24-6-2-4-20(8-12-26-16-30)22(24)10-14-28-18-32/h1-6H,7-14H2. The number of hydrogen-bond donors (Lipinski definition) is 0. The second-order valence-corrected chi connectivity index (χ2v) is 7.87. The number of hydrogen-bond acceptors (Lipinski definition) is 9. The van der Waals surface area contributed by atoms with Crippen LogP contribution in [-0.2, 0) is 44.9 Å². The van der Waals surface area contributed by atoms with Gasteiger partial charge < -0.3 is 0 Å². The SMILES string of the molecule is O=C=NCCc1cccc(Sc2cccc(CCN=C=O)c2CCN=C=O)c1CCN=C=O. The van der Waals surface area contributed by atoms with Crippen LogP contribution in [0, 0.1) is 0 Å². The van der Waals surface area contributed by atoms with Gasteiger partial charge in [0.2, 0.25) is 24.3 Å². The lowest BCUT2D eigenvalue weighted by Crippen LogP contribution is -2.03. The lowest BCUT2D eigenvalue weighted by molar-refractivity contribution is 0.562. The molecule has 8 nitrogen and oxygen atoms in total. The van der Waals surface area contributed by atoms with E-state index in [0.717, 1.165) is 32.0 Å². The Kier molecular flexibility index (Phi) is 11.8. The van der Waals surface area contributed by atoms with Crippen molar-refractivity contribution in [2.24, 2.45) is 20.0 Å². The first-order valence-corrected chi connectivity index (χ1v) is 11.1. The first-order valence-electron chi connectivity index (χ1n) is 10.3. The molecule has 2 rings (SSSR count). The van der Waals surface area contributed by atoms with Gasteiger partial charge in [-0.3, -0.25) is 0 Å². The second-order valence-electron chi connectivity index (χ2n) is 6.78. The monoisotopic (exact) mass is 462 g/mol. The van der Waals surface area contributed by atoms with Gasteiger partial charge in [-0.25, -0.2) is 39.1 Å². The minimum absolute atomic E-state index is 0.301. The molecular weight excluding hydrogens is 440 g/mol. The molecule has 0 aliphatic heterocycles. The number of carbonyl (C=O) groups excluding carboxylic acids is 4. The molecule has 0 spiro atoms. The molecule has 9 heteroatoms. The third kappa shape index (κ3) is 8.40. The first-order chi connectivity index (χ1) is 16.2. The summed E-state index contributed by atoms with van der Waals surface area (Å²) in [5, 5.41) is 0. The highest BCUT2D eigenvalue weighted by Crippen LogP contribution is 2.36. The highest BCUT2D eigenvalue weighted by atomic mass is 32.2. The van der Waals surface area contributed by atoms with E-state index in [9.17, 15) is 19.2 Å². The molecule has 33 heavy (non-hydrogen) atoms. The summed E-state index contributed by atoms with van der Waals surface area (Å²) >= 11 is 1.57. The van der Waals surface area contributed by atoms with Gasteiger partial charge in [0.1, 0.15) is 0 Å². The zero-order valence-electron chi connectivity index (χ0n) is 18.0. The summed E-state index contributed by atoms with van der Waals surface area (Å²) in [5.41, 5.74) is 4.08. The number of aliphatic imine (C=N–C) groups is 4. The number of nitrogens with zero attached hydrogens (tertiary/aromatic N) is 4. The Morgan fingerprint density at radius 2 is 0.909 bits per heavy atom. The van der Waals surface area contributed by atoms with Crippen molar-refractivity contribution in [3.63, 3.8) is 0 Å². The molecule has 0 saturated heterocycles. The Labute approximate surface area is 195 Å². The molecular formula is C24H22N4O4S. The molecule has 0 bridgehead atoms. The van der Waals surface area contributed by atoms with Crippen LogP contribution in [0.15, 0.2) is 66.2 Å². The molecule has 0 heterocycles. The van der Waals surface area contributed by atoms with Crippen LogP contribution in [0.25, 0.3) is 0 Å². The van der Waals surface area contributed by atoms with E-state index in [1.54, 1.807) is 36.1 Å². The zero-order chi connectivity index (χ0) is 23.7. The van der Waals surface area contributed by atoms with Crippen molar-refractivity contribution in [1.29, 1.82) is 0 Å². The Morgan fingerprint density at radius 1 is 0.545 bits per heavy atom. The molecule has 0 N–H and O–H groups in total. The van der Waals surface area contributed by atoms with Crippen molar-refractivity contribution in [1.82, 2.24) is 0 Å². The van der Waals surface area contributed by atoms with Crippen molar-refractivity contribution in [2.45, 2.75) is 35.5 Å². The highest BCUT2D eigenvalue weighted by molar-refractivity contribution is 7.99. The third-order valence-electron chi connectivity index (χ3n) is 4.87. The quantitative estimate of drug-likeness (QED) is 0.315. The van der Waals surface area contributed by atoms with Crippen molar-refractivity contribution >= 4 is 36.1 Å². The van der Waals surface area contributed by atoms with Crippen molar-refractivity contribution in [3.8, 4) is 0 Å². The summed E-state index contributed by atoms with van der Waals surface area (Å²) in [6.07, 6.45) is 8.45. The van der Waals surface area contributed by atoms with Crippen molar-refractivity contribution in [3.05, 3.63) is 58.7 Å². The minimum atomic E-state index is 0.301. The van der Waals surface area contributed by atoms with Crippen molar-refractivity contribution < 1.29 is 19.2 Å². The van der Waals surface area contributed by atoms with Crippen LogP contribution in [0.3, 0.4) is 0 Å². The van der Waals surface area contributed by atoms with Crippen molar-refractivity contribution in [2.75, 3.05) is 26.2 Å². The van der Waals surface area contributed by atoms with Gasteiger partial charge in [0.15, 0.2) is 0 Å². The van der Waals surface area contributed by atoms with Gasteiger partial charge in [0.25, 0.3) is 0 Å². The van der Waals surface area contributed by atoms with Crippen LogP contribution in [0.5, 0.6) is 0 Å². The lowest BCUT2D eigenvalue weighted by atomic mass is 10.0. The molecule has 0 saturated carbocycles. The topological polar surface area (TPSA) is 118 Å². The van der Waals surface area contributed by atoms with Crippen LogP contribution in [-0.4, -0.2) is 50.5 Å². The van der Waals surface area contributed by atoms with Gasteiger partial charge in [0.05, 0.1) is 26.2 Å². The van der Waals surface area contributed by atoms with Gasteiger partial charge in [0, 0.05) is 9.79 Å². The number of isocyanates is 4. The second kappa shape index (κ2) is 15.2. The minimum Gasteiger partial charge on any atom is -0.211 e. The summed E-state index contributed by atoms with van der Waals surface area (Å²) in [6.45, 7) is 1.25. The summed E-state index contributed by atoms with van der Waals surface area (Å²) in [5.74, 6) is 0. The molecule has 2 aromatic rings. The van der Waals surface area contributed by atoms with Crippen LogP contribution >= 0.6 is 11.8 Å². The van der Waals surface area contributed by atoms with Gasteiger partial charge in [-0.15, -0.1) is 0 Å². The van der Waals surface area contributed by atoms with E-state index in [0.29, 0.717) is 51.9 Å². The smallest absolute Gasteiger partial charge is 0.211 e. The summed E-state index contributed by atoms with van der Waals surface area (Å²) in [7, 11) is 0. The van der Waals surface area contributed by atoms with E-state index in [4.69, 9.17) is 0 Å². The van der Waals surface area contributed by atoms with E-state index < -0.39 is 0 Å². The Hall–Kier alpha value is -3.69. The van der Waals surface area contributed by atoms with Crippen LogP contribution in [0.1, 0.15) is 22.3 Å².